The van der Waals surface area contributed by atoms with Gasteiger partial charge in [-0.05, 0) is 48.2 Å². The molecule has 3 aromatic rings. The van der Waals surface area contributed by atoms with Crippen LogP contribution in [0.1, 0.15) is 29.5 Å². The first-order valence-corrected chi connectivity index (χ1v) is 8.17. The van der Waals surface area contributed by atoms with E-state index in [1.807, 2.05) is 55.9 Å². The Morgan fingerprint density at radius 2 is 1.96 bits per heavy atom. The van der Waals surface area contributed by atoms with E-state index in [1.54, 1.807) is 6.07 Å². The van der Waals surface area contributed by atoms with Gasteiger partial charge in [0, 0.05) is 18.6 Å². The maximum atomic E-state index is 14.5. The van der Waals surface area contributed by atoms with E-state index in [9.17, 15) is 4.39 Å². The zero-order valence-electron chi connectivity index (χ0n) is 14.3. The fourth-order valence-corrected chi connectivity index (χ4v) is 3.03. The number of nitrogens with two attached hydrogens (primary N) is 1. The topological polar surface area (TPSA) is 40.2 Å². The number of fused-ring (bicyclic) bond motifs is 1. The largest absolute Gasteiger partial charge is 0.485 e. The first kappa shape index (κ1) is 16.5. The normalized spacial score (nSPS) is 12.5. The molecule has 0 saturated heterocycles. The Kier molecular flexibility index (Phi) is 4.58. The molecule has 3 rings (SSSR count). The Hall–Kier alpha value is -2.33. The van der Waals surface area contributed by atoms with Crippen LogP contribution >= 0.6 is 0 Å². The van der Waals surface area contributed by atoms with Crippen molar-refractivity contribution >= 4 is 10.9 Å². The number of ether oxygens (including phenoxy) is 1. The number of hydrogen-bond acceptors (Lipinski definition) is 2. The van der Waals surface area contributed by atoms with Crippen LogP contribution in [0.25, 0.3) is 10.9 Å². The predicted molar refractivity (Wildman–Crippen MR) is 95.9 cm³/mol. The monoisotopic (exact) mass is 326 g/mol. The van der Waals surface area contributed by atoms with Crippen LogP contribution in [0.15, 0.2) is 42.6 Å². The summed E-state index contributed by atoms with van der Waals surface area (Å²) in [5.74, 6) is 0.107. The average molecular weight is 326 g/mol. The minimum absolute atomic E-state index is 0.135. The number of rotatable bonds is 5. The number of hydrogen-bond donors (Lipinski definition) is 1. The summed E-state index contributed by atoms with van der Waals surface area (Å²) in [7, 11) is 1.96. The third-order valence-corrected chi connectivity index (χ3v) is 4.61. The summed E-state index contributed by atoms with van der Waals surface area (Å²) in [5.41, 5.74) is 9.99. The van der Waals surface area contributed by atoms with Gasteiger partial charge in [-0.15, -0.1) is 0 Å². The average Bonchev–Trinajstić information content (AvgIpc) is 2.91. The van der Waals surface area contributed by atoms with E-state index in [1.165, 1.54) is 6.07 Å². The Balaban J connectivity index is 2.06. The van der Waals surface area contributed by atoms with Gasteiger partial charge in [0.25, 0.3) is 0 Å². The molecule has 0 spiro atoms. The third-order valence-electron chi connectivity index (χ3n) is 4.61. The molecule has 24 heavy (non-hydrogen) atoms. The van der Waals surface area contributed by atoms with Gasteiger partial charge < -0.3 is 15.0 Å². The lowest BCUT2D eigenvalue weighted by Crippen LogP contribution is -2.09. The molecule has 4 heteroatoms. The van der Waals surface area contributed by atoms with E-state index in [-0.39, 0.29) is 11.7 Å². The maximum Gasteiger partial charge on any atom is 0.165 e. The fourth-order valence-electron chi connectivity index (χ4n) is 3.03. The highest BCUT2D eigenvalue weighted by Gasteiger charge is 2.19. The van der Waals surface area contributed by atoms with Gasteiger partial charge in [-0.3, -0.25) is 0 Å². The highest BCUT2D eigenvalue weighted by molar-refractivity contribution is 5.90. The van der Waals surface area contributed by atoms with E-state index in [2.05, 4.69) is 0 Å². The molecule has 1 unspecified atom stereocenters. The molecule has 0 saturated carbocycles. The van der Waals surface area contributed by atoms with Gasteiger partial charge in [-0.1, -0.05) is 31.2 Å². The van der Waals surface area contributed by atoms with Crippen LogP contribution in [0.4, 0.5) is 4.39 Å². The van der Waals surface area contributed by atoms with Crippen molar-refractivity contribution < 1.29 is 9.13 Å². The molecule has 0 bridgehead atoms. The molecule has 1 heterocycles. The lowest BCUT2D eigenvalue weighted by molar-refractivity contribution is 0.293. The van der Waals surface area contributed by atoms with Gasteiger partial charge in [0.15, 0.2) is 11.6 Å². The fraction of sp³-hybridized carbons (Fsp3) is 0.300. The summed E-state index contributed by atoms with van der Waals surface area (Å²) in [6, 6.07) is 11.2. The van der Waals surface area contributed by atoms with E-state index < -0.39 is 0 Å². The van der Waals surface area contributed by atoms with Gasteiger partial charge in [-0.25, -0.2) is 4.39 Å². The van der Waals surface area contributed by atoms with Gasteiger partial charge in [0.1, 0.15) is 6.61 Å². The van der Waals surface area contributed by atoms with Crippen molar-refractivity contribution in [3.05, 3.63) is 65.1 Å². The summed E-state index contributed by atoms with van der Waals surface area (Å²) in [4.78, 5) is 0. The summed E-state index contributed by atoms with van der Waals surface area (Å²) in [6.07, 6.45) is 2.02. The van der Waals surface area contributed by atoms with Crippen molar-refractivity contribution in [2.24, 2.45) is 12.8 Å². The SMILES string of the molecule is Cc1ccccc1COc1c(F)ccc2c1c(C(C)CN)cn2C. The van der Waals surface area contributed by atoms with Crippen molar-refractivity contribution in [2.75, 3.05) is 6.54 Å². The van der Waals surface area contributed by atoms with E-state index in [4.69, 9.17) is 10.5 Å². The van der Waals surface area contributed by atoms with Crippen LogP contribution in [0.5, 0.6) is 5.75 Å². The van der Waals surface area contributed by atoms with E-state index in [0.717, 1.165) is 27.6 Å². The number of aryl methyl sites for hydroxylation is 2. The predicted octanol–water partition coefficient (Wildman–Crippen LogP) is 4.27. The van der Waals surface area contributed by atoms with Crippen molar-refractivity contribution in [1.29, 1.82) is 0 Å². The van der Waals surface area contributed by atoms with E-state index >= 15 is 0 Å². The molecule has 3 nitrogen and oxygen atoms in total. The smallest absolute Gasteiger partial charge is 0.165 e. The van der Waals surface area contributed by atoms with Gasteiger partial charge >= 0.3 is 0 Å². The molecule has 0 aliphatic heterocycles. The second kappa shape index (κ2) is 6.65. The molecule has 1 atom stereocenters. The second-order valence-corrected chi connectivity index (χ2v) is 6.32. The Bertz CT molecular complexity index is 869. The molecule has 0 aliphatic rings. The lowest BCUT2D eigenvalue weighted by Gasteiger charge is -2.13. The van der Waals surface area contributed by atoms with Crippen molar-refractivity contribution in [3.8, 4) is 5.75 Å². The Morgan fingerprint density at radius 1 is 1.21 bits per heavy atom. The molecule has 126 valence electrons. The minimum Gasteiger partial charge on any atom is -0.485 e. The van der Waals surface area contributed by atoms with Crippen molar-refractivity contribution in [1.82, 2.24) is 4.57 Å². The molecule has 0 aliphatic carbocycles. The molecule has 0 amide bonds. The van der Waals surface area contributed by atoms with Gasteiger partial charge in [-0.2, -0.15) is 0 Å². The summed E-state index contributed by atoms with van der Waals surface area (Å²) >= 11 is 0. The van der Waals surface area contributed by atoms with Crippen LogP contribution < -0.4 is 10.5 Å². The van der Waals surface area contributed by atoms with Crippen LogP contribution in [0.2, 0.25) is 0 Å². The molecule has 0 radical (unpaired) electrons. The standard InChI is InChI=1S/C20H23FN2O/c1-13-6-4-5-7-15(13)12-24-20-17(21)8-9-18-19(20)16(11-23(18)3)14(2)10-22/h4-9,11,14H,10,12,22H2,1-3H3. The first-order valence-electron chi connectivity index (χ1n) is 8.17. The summed E-state index contributed by atoms with van der Waals surface area (Å²) < 4.78 is 22.4. The van der Waals surface area contributed by atoms with E-state index in [0.29, 0.717) is 18.9 Å². The molecule has 2 aromatic carbocycles. The van der Waals surface area contributed by atoms with Crippen LogP contribution in [0.3, 0.4) is 0 Å². The molecule has 0 fully saturated rings. The first-order chi connectivity index (χ1) is 11.5. The molecule has 1 aromatic heterocycles. The van der Waals surface area contributed by atoms with Crippen molar-refractivity contribution in [2.45, 2.75) is 26.4 Å². The van der Waals surface area contributed by atoms with Gasteiger partial charge in [0.2, 0.25) is 0 Å². The van der Waals surface area contributed by atoms with Crippen LogP contribution in [0, 0.1) is 12.7 Å². The number of halogens is 1. The highest BCUT2D eigenvalue weighted by Crippen LogP contribution is 2.36. The second-order valence-electron chi connectivity index (χ2n) is 6.32. The highest BCUT2D eigenvalue weighted by atomic mass is 19.1. The third kappa shape index (κ3) is 2.89. The quantitative estimate of drug-likeness (QED) is 0.761. The summed E-state index contributed by atoms with van der Waals surface area (Å²) in [6.45, 7) is 4.92. The summed E-state index contributed by atoms with van der Waals surface area (Å²) in [5, 5.41) is 0.823. The zero-order chi connectivity index (χ0) is 17.3. The maximum absolute atomic E-state index is 14.5. The zero-order valence-corrected chi connectivity index (χ0v) is 14.3. The molecular weight excluding hydrogens is 303 g/mol. The number of benzene rings is 2. The number of nitrogens with zero attached hydrogens (tertiary/aromatic N) is 1. The van der Waals surface area contributed by atoms with Crippen molar-refractivity contribution in [3.63, 3.8) is 0 Å². The number of aromatic nitrogens is 1. The van der Waals surface area contributed by atoms with Crippen LogP contribution in [-0.4, -0.2) is 11.1 Å². The lowest BCUT2D eigenvalue weighted by atomic mass is 10.00. The Labute approximate surface area is 141 Å². The molecular formula is C20H23FN2O. The van der Waals surface area contributed by atoms with Gasteiger partial charge in [0.05, 0.1) is 5.52 Å². The van der Waals surface area contributed by atoms with Crippen LogP contribution in [-0.2, 0) is 13.7 Å². The molecule has 2 N–H and O–H groups in total. The Morgan fingerprint density at radius 3 is 2.67 bits per heavy atom. The minimum atomic E-state index is -0.340.